The fourth-order valence-corrected chi connectivity index (χ4v) is 2.27. The van der Waals surface area contributed by atoms with E-state index in [1.807, 2.05) is 31.2 Å². The monoisotopic (exact) mass is 426 g/mol. The zero-order valence-electron chi connectivity index (χ0n) is 17.6. The summed E-state index contributed by atoms with van der Waals surface area (Å²) < 4.78 is 0. The van der Waals surface area contributed by atoms with Crippen LogP contribution < -0.4 is 5.43 Å². The SMILES string of the molecule is CC(=O)c1ccccc1Cl.CCC.CCO.CN/N=C(/C)c1ccccc1Cl. The molecule has 2 aromatic rings. The summed E-state index contributed by atoms with van der Waals surface area (Å²) in [5, 5.41) is 12.9. The van der Waals surface area contributed by atoms with Gasteiger partial charge in [0.05, 0.1) is 10.7 Å². The molecule has 0 bridgehead atoms. The minimum Gasteiger partial charge on any atom is -0.397 e. The Bertz CT molecular complexity index is 702. The number of benzene rings is 2. The number of carbonyl (C=O) groups is 1. The van der Waals surface area contributed by atoms with E-state index < -0.39 is 0 Å². The molecule has 0 radical (unpaired) electrons. The molecule has 0 unspecified atom stereocenters. The molecule has 156 valence electrons. The molecule has 0 amide bonds. The van der Waals surface area contributed by atoms with Crippen molar-refractivity contribution in [2.75, 3.05) is 13.7 Å². The molecule has 0 aliphatic carbocycles. The van der Waals surface area contributed by atoms with Crippen LogP contribution in [0.15, 0.2) is 53.6 Å². The average Bonchev–Trinajstić information content (AvgIpc) is 2.64. The van der Waals surface area contributed by atoms with Crippen LogP contribution in [0.2, 0.25) is 10.0 Å². The average molecular weight is 427 g/mol. The van der Waals surface area contributed by atoms with Gasteiger partial charge in [-0.05, 0) is 39.0 Å². The number of hydrogen-bond acceptors (Lipinski definition) is 4. The van der Waals surface area contributed by atoms with E-state index >= 15 is 0 Å². The van der Waals surface area contributed by atoms with Crippen molar-refractivity contribution in [3.8, 4) is 0 Å². The van der Waals surface area contributed by atoms with E-state index in [1.165, 1.54) is 13.3 Å². The van der Waals surface area contributed by atoms with Crippen molar-refractivity contribution in [1.29, 1.82) is 0 Å². The van der Waals surface area contributed by atoms with Gasteiger partial charge in [0.1, 0.15) is 0 Å². The third-order valence-corrected chi connectivity index (χ3v) is 3.46. The van der Waals surface area contributed by atoms with Crippen LogP contribution in [0, 0.1) is 0 Å². The Labute approximate surface area is 179 Å². The Hall–Kier alpha value is -1.88. The minimum atomic E-state index is 0.00519. The van der Waals surface area contributed by atoms with Gasteiger partial charge in [0.2, 0.25) is 0 Å². The summed E-state index contributed by atoms with van der Waals surface area (Å²) in [5.74, 6) is 0.00519. The van der Waals surface area contributed by atoms with Gasteiger partial charge in [-0.2, -0.15) is 5.10 Å². The van der Waals surface area contributed by atoms with Crippen molar-refractivity contribution in [3.63, 3.8) is 0 Å². The van der Waals surface area contributed by atoms with Crippen LogP contribution in [0.5, 0.6) is 0 Å². The van der Waals surface area contributed by atoms with Crippen LogP contribution in [-0.4, -0.2) is 30.3 Å². The van der Waals surface area contributed by atoms with Crippen LogP contribution in [0.4, 0.5) is 0 Å². The second-order valence-corrected chi connectivity index (χ2v) is 6.27. The first kappa shape index (κ1) is 28.3. The van der Waals surface area contributed by atoms with Gasteiger partial charge < -0.3 is 10.5 Å². The lowest BCUT2D eigenvalue weighted by Crippen LogP contribution is -2.03. The second-order valence-electron chi connectivity index (χ2n) is 5.46. The third-order valence-electron chi connectivity index (χ3n) is 2.80. The number of ketones is 1. The van der Waals surface area contributed by atoms with Crippen LogP contribution in [0.1, 0.15) is 57.0 Å². The van der Waals surface area contributed by atoms with Gasteiger partial charge >= 0.3 is 0 Å². The number of aliphatic hydroxyl groups excluding tert-OH is 1. The maximum absolute atomic E-state index is 10.8. The fourth-order valence-electron chi connectivity index (χ4n) is 1.73. The highest BCUT2D eigenvalue weighted by atomic mass is 35.5. The molecule has 0 saturated heterocycles. The molecular formula is C22H32Cl2N2O2. The molecule has 0 aliphatic heterocycles. The Balaban J connectivity index is 0. The number of hydrazone groups is 1. The number of aliphatic hydroxyl groups is 1. The van der Waals surface area contributed by atoms with Gasteiger partial charge in [0.25, 0.3) is 0 Å². The highest BCUT2D eigenvalue weighted by molar-refractivity contribution is 6.34. The predicted molar refractivity (Wildman–Crippen MR) is 123 cm³/mol. The van der Waals surface area contributed by atoms with Gasteiger partial charge in [-0.15, -0.1) is 0 Å². The molecule has 2 rings (SSSR count). The second kappa shape index (κ2) is 18.5. The number of hydrogen-bond donors (Lipinski definition) is 2. The van der Waals surface area contributed by atoms with E-state index in [0.717, 1.165) is 16.3 Å². The van der Waals surface area contributed by atoms with Gasteiger partial charge in [0.15, 0.2) is 5.78 Å². The molecule has 0 aliphatic rings. The smallest absolute Gasteiger partial charge is 0.161 e. The maximum Gasteiger partial charge on any atom is 0.161 e. The van der Waals surface area contributed by atoms with Crippen molar-refractivity contribution in [2.24, 2.45) is 5.10 Å². The molecule has 0 atom stereocenters. The summed E-state index contributed by atoms with van der Waals surface area (Å²) in [6, 6.07) is 14.7. The summed E-state index contributed by atoms with van der Waals surface area (Å²) in [6.45, 7) is 9.60. The van der Waals surface area contributed by atoms with E-state index in [-0.39, 0.29) is 12.4 Å². The largest absolute Gasteiger partial charge is 0.397 e. The zero-order valence-corrected chi connectivity index (χ0v) is 19.1. The predicted octanol–water partition coefficient (Wildman–Crippen LogP) is 6.24. The van der Waals surface area contributed by atoms with E-state index in [0.29, 0.717) is 10.6 Å². The fraction of sp³-hybridized carbons (Fsp3) is 0.364. The standard InChI is InChI=1S/C9H11ClN2.C8H7ClO.C3H8.C2H6O/c1-7(12-11-2)8-5-3-4-6-9(8)10;1-6(10)7-4-2-3-5-8(7)9;1-3-2;1-2-3/h3-6,11H,1-2H3;2-5H,1H3;3H2,1-2H3;3H,2H2,1H3/b12-7-;;;. The number of Topliss-reactive ketones (excluding diaryl/α,β-unsaturated/α-hetero) is 1. The number of halogens is 2. The lowest BCUT2D eigenvalue weighted by atomic mass is 10.1. The Morgan fingerprint density at radius 1 is 0.929 bits per heavy atom. The molecule has 0 aromatic heterocycles. The van der Waals surface area contributed by atoms with Crippen molar-refractivity contribution in [2.45, 2.75) is 41.0 Å². The van der Waals surface area contributed by atoms with Gasteiger partial charge in [-0.3, -0.25) is 4.79 Å². The van der Waals surface area contributed by atoms with Gasteiger partial charge in [-0.1, -0.05) is 73.8 Å². The van der Waals surface area contributed by atoms with Crippen molar-refractivity contribution in [3.05, 3.63) is 69.7 Å². The van der Waals surface area contributed by atoms with Gasteiger partial charge in [-0.25, -0.2) is 0 Å². The highest BCUT2D eigenvalue weighted by Gasteiger charge is 2.02. The molecule has 0 saturated carbocycles. The van der Waals surface area contributed by atoms with Crippen LogP contribution in [-0.2, 0) is 0 Å². The minimum absolute atomic E-state index is 0.00519. The van der Waals surface area contributed by atoms with Crippen molar-refractivity contribution < 1.29 is 9.90 Å². The first-order valence-electron chi connectivity index (χ1n) is 9.12. The Kier molecular flexibility index (Phi) is 18.7. The van der Waals surface area contributed by atoms with E-state index in [4.69, 9.17) is 28.3 Å². The Morgan fingerprint density at radius 2 is 1.29 bits per heavy atom. The molecule has 28 heavy (non-hydrogen) atoms. The van der Waals surface area contributed by atoms with E-state index in [2.05, 4.69) is 24.4 Å². The van der Waals surface area contributed by atoms with E-state index in [1.54, 1.807) is 38.2 Å². The lowest BCUT2D eigenvalue weighted by Gasteiger charge is -2.01. The van der Waals surface area contributed by atoms with Gasteiger partial charge in [0, 0.05) is 29.8 Å². The summed E-state index contributed by atoms with van der Waals surface area (Å²) in [6.07, 6.45) is 1.25. The summed E-state index contributed by atoms with van der Waals surface area (Å²) in [7, 11) is 1.76. The number of nitrogens with zero attached hydrogens (tertiary/aromatic N) is 1. The molecule has 2 N–H and O–H groups in total. The lowest BCUT2D eigenvalue weighted by molar-refractivity contribution is 0.101. The molecule has 4 nitrogen and oxygen atoms in total. The summed E-state index contributed by atoms with van der Waals surface area (Å²) >= 11 is 11.6. The molecule has 0 heterocycles. The number of rotatable bonds is 3. The summed E-state index contributed by atoms with van der Waals surface area (Å²) in [5.41, 5.74) is 5.17. The number of carbonyl (C=O) groups excluding carboxylic acids is 1. The quantitative estimate of drug-likeness (QED) is 0.346. The molecule has 0 fully saturated rings. The zero-order chi connectivity index (χ0) is 21.9. The summed E-state index contributed by atoms with van der Waals surface area (Å²) in [4.78, 5) is 10.8. The molecule has 6 heteroatoms. The normalized spacial score (nSPS) is 9.54. The number of nitrogens with one attached hydrogen (secondary N) is 1. The first-order valence-corrected chi connectivity index (χ1v) is 9.88. The Morgan fingerprint density at radius 3 is 1.57 bits per heavy atom. The molecule has 0 spiro atoms. The van der Waals surface area contributed by atoms with Crippen LogP contribution >= 0.6 is 23.2 Å². The topological polar surface area (TPSA) is 61.7 Å². The van der Waals surface area contributed by atoms with Crippen molar-refractivity contribution >= 4 is 34.7 Å². The third kappa shape index (κ3) is 13.3. The molecule has 2 aromatic carbocycles. The van der Waals surface area contributed by atoms with Crippen LogP contribution in [0.25, 0.3) is 0 Å². The first-order chi connectivity index (χ1) is 13.3. The molecular weight excluding hydrogens is 395 g/mol. The van der Waals surface area contributed by atoms with E-state index in [9.17, 15) is 4.79 Å². The highest BCUT2D eigenvalue weighted by Crippen LogP contribution is 2.15. The van der Waals surface area contributed by atoms with Crippen LogP contribution in [0.3, 0.4) is 0 Å². The maximum atomic E-state index is 10.8. The van der Waals surface area contributed by atoms with Crippen molar-refractivity contribution in [1.82, 2.24) is 5.43 Å².